The number of benzene rings is 1. The van der Waals surface area contributed by atoms with E-state index in [9.17, 15) is 14.7 Å². The summed E-state index contributed by atoms with van der Waals surface area (Å²) in [5, 5.41) is 13.2. The summed E-state index contributed by atoms with van der Waals surface area (Å²) in [5.74, 6) is -1.67. The molecule has 4 N–H and O–H groups in total. The van der Waals surface area contributed by atoms with Crippen LogP contribution in [0, 0.1) is 0 Å². The minimum Gasteiger partial charge on any atom is -0.507 e. The first-order valence-corrected chi connectivity index (χ1v) is 5.63. The average Bonchev–Trinajstić information content (AvgIpc) is 2.38. The van der Waals surface area contributed by atoms with Crippen LogP contribution in [0.5, 0.6) is 11.5 Å². The quantitative estimate of drug-likeness (QED) is 0.398. The van der Waals surface area contributed by atoms with Crippen LogP contribution in [0.4, 0.5) is 0 Å². The largest absolute Gasteiger partial charge is 0.507 e. The van der Waals surface area contributed by atoms with E-state index in [-0.39, 0.29) is 5.75 Å². The summed E-state index contributed by atoms with van der Waals surface area (Å²) in [6.07, 6.45) is 2.06. The standard InChI is InChI=1S/C12H15N3O4/c1-2-5-19-9-4-3-8(10(16)6-9)7-14-15-12(18)11(13)17/h3-4,6-7,16H,2,5H2,1H3,(H2,13,17)(H,15,18). The third-order valence-corrected chi connectivity index (χ3v) is 2.07. The molecule has 0 saturated heterocycles. The predicted molar refractivity (Wildman–Crippen MR) is 68.8 cm³/mol. The number of aromatic hydroxyl groups is 1. The molecule has 0 aromatic heterocycles. The van der Waals surface area contributed by atoms with Gasteiger partial charge in [0.1, 0.15) is 11.5 Å². The van der Waals surface area contributed by atoms with Gasteiger partial charge in [-0.2, -0.15) is 5.10 Å². The van der Waals surface area contributed by atoms with Crippen molar-refractivity contribution < 1.29 is 19.4 Å². The Balaban J connectivity index is 2.66. The van der Waals surface area contributed by atoms with E-state index in [0.29, 0.717) is 17.9 Å². The van der Waals surface area contributed by atoms with Crippen molar-refractivity contribution in [2.45, 2.75) is 13.3 Å². The second kappa shape index (κ2) is 7.00. The molecule has 0 fully saturated rings. The molecule has 0 aliphatic carbocycles. The highest BCUT2D eigenvalue weighted by molar-refractivity contribution is 6.34. The van der Waals surface area contributed by atoms with Crippen molar-refractivity contribution in [1.82, 2.24) is 5.43 Å². The maximum absolute atomic E-state index is 10.8. The summed E-state index contributed by atoms with van der Waals surface area (Å²) in [5.41, 5.74) is 7.01. The molecule has 0 bridgehead atoms. The number of hydrogen-bond donors (Lipinski definition) is 3. The fourth-order valence-corrected chi connectivity index (χ4v) is 1.16. The normalized spacial score (nSPS) is 10.4. The molecule has 1 aromatic rings. The number of amides is 2. The first-order chi connectivity index (χ1) is 9.04. The number of rotatable bonds is 5. The number of primary amides is 1. The van der Waals surface area contributed by atoms with Gasteiger partial charge in [0, 0.05) is 11.6 Å². The van der Waals surface area contributed by atoms with Crippen molar-refractivity contribution >= 4 is 18.0 Å². The summed E-state index contributed by atoms with van der Waals surface area (Å²) in [6, 6.07) is 4.67. The minimum absolute atomic E-state index is 0.0503. The zero-order valence-corrected chi connectivity index (χ0v) is 10.4. The molecule has 1 rings (SSSR count). The number of nitrogens with two attached hydrogens (primary N) is 1. The number of hydrogen-bond acceptors (Lipinski definition) is 5. The summed E-state index contributed by atoms with van der Waals surface area (Å²) in [4.78, 5) is 21.2. The van der Waals surface area contributed by atoms with E-state index in [1.165, 1.54) is 12.3 Å². The van der Waals surface area contributed by atoms with Crippen LogP contribution in [0.1, 0.15) is 18.9 Å². The van der Waals surface area contributed by atoms with Crippen LogP contribution in [0.3, 0.4) is 0 Å². The molecule has 0 aliphatic rings. The Bertz CT molecular complexity index is 500. The van der Waals surface area contributed by atoms with Gasteiger partial charge in [0.15, 0.2) is 0 Å². The topological polar surface area (TPSA) is 114 Å². The summed E-state index contributed by atoms with van der Waals surface area (Å²) >= 11 is 0. The summed E-state index contributed by atoms with van der Waals surface area (Å²) in [7, 11) is 0. The van der Waals surface area contributed by atoms with Gasteiger partial charge in [0.25, 0.3) is 0 Å². The average molecular weight is 265 g/mol. The highest BCUT2D eigenvalue weighted by Crippen LogP contribution is 2.22. The molecule has 7 heteroatoms. The van der Waals surface area contributed by atoms with Gasteiger partial charge in [-0.05, 0) is 18.6 Å². The zero-order chi connectivity index (χ0) is 14.3. The van der Waals surface area contributed by atoms with Gasteiger partial charge in [-0.15, -0.1) is 0 Å². The molecule has 2 amide bonds. The van der Waals surface area contributed by atoms with E-state index in [4.69, 9.17) is 10.5 Å². The van der Waals surface area contributed by atoms with Crippen molar-refractivity contribution in [2.75, 3.05) is 6.61 Å². The molecule has 0 radical (unpaired) electrons. The Hall–Kier alpha value is -2.57. The number of nitrogens with zero attached hydrogens (tertiary/aromatic N) is 1. The monoisotopic (exact) mass is 265 g/mol. The number of ether oxygens (including phenoxy) is 1. The molecule has 0 saturated carbocycles. The predicted octanol–water partition coefficient (Wildman–Crippen LogP) is 0.116. The Morgan fingerprint density at radius 1 is 1.53 bits per heavy atom. The molecule has 7 nitrogen and oxygen atoms in total. The lowest BCUT2D eigenvalue weighted by Gasteiger charge is -2.06. The number of phenols is 1. The van der Waals surface area contributed by atoms with Crippen LogP contribution in [0.15, 0.2) is 23.3 Å². The lowest BCUT2D eigenvalue weighted by atomic mass is 10.2. The molecule has 0 aliphatic heterocycles. The molecule has 0 heterocycles. The van der Waals surface area contributed by atoms with Crippen LogP contribution < -0.4 is 15.9 Å². The molecule has 102 valence electrons. The first-order valence-electron chi connectivity index (χ1n) is 5.63. The first kappa shape index (κ1) is 14.5. The zero-order valence-electron chi connectivity index (χ0n) is 10.4. The maximum Gasteiger partial charge on any atom is 0.329 e. The van der Waals surface area contributed by atoms with Crippen LogP contribution in [0.25, 0.3) is 0 Å². The van der Waals surface area contributed by atoms with Gasteiger partial charge in [0.05, 0.1) is 12.8 Å². The van der Waals surface area contributed by atoms with Crippen molar-refractivity contribution in [2.24, 2.45) is 10.8 Å². The molecular formula is C12H15N3O4. The maximum atomic E-state index is 10.8. The summed E-state index contributed by atoms with van der Waals surface area (Å²) < 4.78 is 5.33. The second-order valence-electron chi connectivity index (χ2n) is 3.63. The Morgan fingerprint density at radius 3 is 2.84 bits per heavy atom. The molecule has 1 aromatic carbocycles. The van der Waals surface area contributed by atoms with Crippen molar-refractivity contribution in [3.63, 3.8) is 0 Å². The van der Waals surface area contributed by atoms with E-state index in [1.54, 1.807) is 12.1 Å². The van der Waals surface area contributed by atoms with Gasteiger partial charge in [-0.25, -0.2) is 5.43 Å². The van der Waals surface area contributed by atoms with Crippen LogP contribution in [0.2, 0.25) is 0 Å². The van der Waals surface area contributed by atoms with Gasteiger partial charge in [0.2, 0.25) is 0 Å². The molecule has 0 atom stereocenters. The lowest BCUT2D eigenvalue weighted by Crippen LogP contribution is -2.32. The third kappa shape index (κ3) is 4.66. The fraction of sp³-hybridized carbons (Fsp3) is 0.250. The van der Waals surface area contributed by atoms with Crippen LogP contribution >= 0.6 is 0 Å². The van der Waals surface area contributed by atoms with Crippen LogP contribution in [-0.2, 0) is 9.59 Å². The number of carbonyl (C=O) groups is 2. The Kier molecular flexibility index (Phi) is 5.34. The van der Waals surface area contributed by atoms with Gasteiger partial charge < -0.3 is 15.6 Å². The van der Waals surface area contributed by atoms with Gasteiger partial charge >= 0.3 is 11.8 Å². The lowest BCUT2D eigenvalue weighted by molar-refractivity contribution is -0.137. The smallest absolute Gasteiger partial charge is 0.329 e. The van der Waals surface area contributed by atoms with Crippen molar-refractivity contribution in [3.05, 3.63) is 23.8 Å². The van der Waals surface area contributed by atoms with Crippen molar-refractivity contribution in [3.8, 4) is 11.5 Å². The van der Waals surface area contributed by atoms with Gasteiger partial charge in [-0.3, -0.25) is 9.59 Å². The molecule has 0 unspecified atom stereocenters. The number of carbonyl (C=O) groups excluding carboxylic acids is 2. The van der Waals surface area contributed by atoms with E-state index in [2.05, 4.69) is 5.10 Å². The highest BCUT2D eigenvalue weighted by Gasteiger charge is 2.06. The van der Waals surface area contributed by atoms with Gasteiger partial charge in [-0.1, -0.05) is 6.92 Å². The number of hydrazone groups is 1. The Labute approximate surface area is 110 Å². The van der Waals surface area contributed by atoms with Crippen LogP contribution in [-0.4, -0.2) is 29.7 Å². The van der Waals surface area contributed by atoms with E-state index in [0.717, 1.165) is 6.42 Å². The number of nitrogens with one attached hydrogen (secondary N) is 1. The minimum atomic E-state index is -1.13. The Morgan fingerprint density at radius 2 is 2.26 bits per heavy atom. The van der Waals surface area contributed by atoms with E-state index < -0.39 is 11.8 Å². The molecular weight excluding hydrogens is 250 g/mol. The molecule has 19 heavy (non-hydrogen) atoms. The SMILES string of the molecule is CCCOc1ccc(C=NNC(=O)C(N)=O)c(O)c1. The van der Waals surface area contributed by atoms with E-state index in [1.807, 2.05) is 12.3 Å². The van der Waals surface area contributed by atoms with Crippen molar-refractivity contribution in [1.29, 1.82) is 0 Å². The molecule has 0 spiro atoms. The second-order valence-corrected chi connectivity index (χ2v) is 3.63. The number of phenolic OH excluding ortho intramolecular Hbond substituents is 1. The highest BCUT2D eigenvalue weighted by atomic mass is 16.5. The summed E-state index contributed by atoms with van der Waals surface area (Å²) in [6.45, 7) is 2.53. The van der Waals surface area contributed by atoms with E-state index >= 15 is 0 Å². The fourth-order valence-electron chi connectivity index (χ4n) is 1.16. The third-order valence-electron chi connectivity index (χ3n) is 2.07.